The van der Waals surface area contributed by atoms with E-state index in [1.807, 2.05) is 27.9 Å². The van der Waals surface area contributed by atoms with Gasteiger partial charge in [0.05, 0.1) is 6.42 Å². The van der Waals surface area contributed by atoms with Crippen molar-refractivity contribution in [1.82, 2.24) is 4.90 Å². The average Bonchev–Trinajstić information content (AvgIpc) is 1.79. The maximum atomic E-state index is 10.7. The lowest BCUT2D eigenvalue weighted by molar-refractivity contribution is -0.139. The summed E-state index contributed by atoms with van der Waals surface area (Å²) in [7, 11) is 4.05. The smallest absolute Gasteiger partial charge is 0.303 e. The molecule has 3 nitrogen and oxygen atoms in total. The number of nitrogens with zero attached hydrogens (tertiary/aromatic N) is 1. The lowest BCUT2D eigenvalue weighted by Gasteiger charge is -2.39. The molecule has 14 heavy (non-hydrogen) atoms. The first-order chi connectivity index (χ1) is 6.07. The Morgan fingerprint density at radius 1 is 1.21 bits per heavy atom. The van der Waals surface area contributed by atoms with Crippen LogP contribution in [0, 0.1) is 5.41 Å². The summed E-state index contributed by atoms with van der Waals surface area (Å²) in [4.78, 5) is 12.8. The van der Waals surface area contributed by atoms with Crippen molar-refractivity contribution >= 4 is 5.97 Å². The molecule has 0 aromatic carbocycles. The van der Waals surface area contributed by atoms with Crippen molar-refractivity contribution in [3.8, 4) is 0 Å². The molecule has 1 N–H and O–H groups in total. The molecule has 0 spiro atoms. The van der Waals surface area contributed by atoms with E-state index in [1.165, 1.54) is 0 Å². The van der Waals surface area contributed by atoms with Crippen LogP contribution >= 0.6 is 0 Å². The van der Waals surface area contributed by atoms with Crippen LogP contribution in [-0.4, -0.2) is 35.6 Å². The lowest BCUT2D eigenvalue weighted by Crippen LogP contribution is -2.42. The van der Waals surface area contributed by atoms with Gasteiger partial charge in [-0.2, -0.15) is 0 Å². The molecular formula is C11H23NO2. The van der Waals surface area contributed by atoms with Crippen molar-refractivity contribution in [2.45, 2.75) is 46.1 Å². The van der Waals surface area contributed by atoms with E-state index in [4.69, 9.17) is 5.11 Å². The van der Waals surface area contributed by atoms with Gasteiger partial charge in [0.25, 0.3) is 0 Å². The van der Waals surface area contributed by atoms with Crippen LogP contribution in [0.3, 0.4) is 0 Å². The maximum Gasteiger partial charge on any atom is 0.303 e. The fourth-order valence-corrected chi connectivity index (χ4v) is 1.80. The lowest BCUT2D eigenvalue weighted by atomic mass is 9.77. The van der Waals surface area contributed by atoms with Crippen LogP contribution < -0.4 is 0 Å². The topological polar surface area (TPSA) is 40.5 Å². The third-order valence-electron chi connectivity index (χ3n) is 2.75. The molecule has 0 bridgehead atoms. The molecule has 0 radical (unpaired) electrons. The summed E-state index contributed by atoms with van der Waals surface area (Å²) < 4.78 is 0. The van der Waals surface area contributed by atoms with Crippen molar-refractivity contribution in [1.29, 1.82) is 0 Å². The van der Waals surface area contributed by atoms with E-state index < -0.39 is 5.97 Å². The number of aliphatic carboxylic acids is 1. The summed E-state index contributed by atoms with van der Waals surface area (Å²) in [5.74, 6) is -0.718. The van der Waals surface area contributed by atoms with Crippen molar-refractivity contribution in [2.24, 2.45) is 5.41 Å². The molecule has 0 saturated carbocycles. The van der Waals surface area contributed by atoms with Gasteiger partial charge in [0.2, 0.25) is 0 Å². The highest BCUT2D eigenvalue weighted by molar-refractivity contribution is 5.67. The monoisotopic (exact) mass is 201 g/mol. The molecule has 0 unspecified atom stereocenters. The second-order valence-electron chi connectivity index (χ2n) is 5.62. The summed E-state index contributed by atoms with van der Waals surface area (Å²) >= 11 is 0. The molecule has 3 heteroatoms. The standard InChI is InChI=1S/C11H23NO2/c1-10(2,7-9(13)14)8-11(3,4)12(5)6/h7-8H2,1-6H3,(H,13,14). The average molecular weight is 201 g/mol. The summed E-state index contributed by atoms with van der Waals surface area (Å²) in [5.41, 5.74) is -0.113. The van der Waals surface area contributed by atoms with E-state index in [0.717, 1.165) is 6.42 Å². The maximum absolute atomic E-state index is 10.7. The fourth-order valence-electron chi connectivity index (χ4n) is 1.80. The van der Waals surface area contributed by atoms with Gasteiger partial charge in [-0.15, -0.1) is 0 Å². The Morgan fingerprint density at radius 3 is 1.93 bits per heavy atom. The quantitative estimate of drug-likeness (QED) is 0.741. The first-order valence-corrected chi connectivity index (χ1v) is 4.96. The Labute approximate surface area is 87.1 Å². The first kappa shape index (κ1) is 13.4. The number of hydrogen-bond donors (Lipinski definition) is 1. The summed E-state index contributed by atoms with van der Waals surface area (Å²) in [6, 6.07) is 0. The highest BCUT2D eigenvalue weighted by Crippen LogP contribution is 2.33. The van der Waals surface area contributed by atoms with Crippen LogP contribution in [0.25, 0.3) is 0 Å². The van der Waals surface area contributed by atoms with Crippen molar-refractivity contribution < 1.29 is 9.90 Å². The number of carbonyl (C=O) groups is 1. The zero-order chi connectivity index (χ0) is 11.6. The zero-order valence-corrected chi connectivity index (χ0v) is 10.2. The third-order valence-corrected chi connectivity index (χ3v) is 2.75. The predicted molar refractivity (Wildman–Crippen MR) is 58.4 cm³/mol. The molecule has 0 fully saturated rings. The Balaban J connectivity index is 4.41. The summed E-state index contributed by atoms with van der Waals surface area (Å²) in [6.45, 7) is 8.28. The number of carboxylic acids is 1. The van der Waals surface area contributed by atoms with Gasteiger partial charge >= 0.3 is 5.97 Å². The van der Waals surface area contributed by atoms with E-state index in [1.54, 1.807) is 0 Å². The van der Waals surface area contributed by atoms with E-state index >= 15 is 0 Å². The summed E-state index contributed by atoms with van der Waals surface area (Å²) in [6.07, 6.45) is 1.10. The van der Waals surface area contributed by atoms with Crippen LogP contribution in [0.15, 0.2) is 0 Å². The Morgan fingerprint density at radius 2 is 1.64 bits per heavy atom. The van der Waals surface area contributed by atoms with E-state index in [-0.39, 0.29) is 17.4 Å². The largest absolute Gasteiger partial charge is 0.481 e. The van der Waals surface area contributed by atoms with Crippen molar-refractivity contribution in [2.75, 3.05) is 14.1 Å². The van der Waals surface area contributed by atoms with Gasteiger partial charge in [0, 0.05) is 5.54 Å². The normalized spacial score (nSPS) is 13.4. The Bertz CT molecular complexity index is 207. The zero-order valence-electron chi connectivity index (χ0n) is 10.2. The minimum Gasteiger partial charge on any atom is -0.481 e. The van der Waals surface area contributed by atoms with E-state index in [0.29, 0.717) is 0 Å². The van der Waals surface area contributed by atoms with Gasteiger partial charge in [-0.05, 0) is 39.8 Å². The van der Waals surface area contributed by atoms with Crippen LogP contribution in [0.2, 0.25) is 0 Å². The van der Waals surface area contributed by atoms with Crippen LogP contribution in [0.1, 0.15) is 40.5 Å². The second kappa shape index (κ2) is 4.30. The SMILES string of the molecule is CN(C)C(C)(C)CC(C)(C)CC(=O)O. The van der Waals surface area contributed by atoms with Crippen molar-refractivity contribution in [3.63, 3.8) is 0 Å². The fraction of sp³-hybridized carbons (Fsp3) is 0.909. The second-order valence-corrected chi connectivity index (χ2v) is 5.62. The molecule has 0 amide bonds. The predicted octanol–water partition coefficient (Wildman–Crippen LogP) is 2.22. The molecule has 0 aromatic rings. The van der Waals surface area contributed by atoms with Crippen LogP contribution in [-0.2, 0) is 4.79 Å². The molecule has 0 aliphatic rings. The molecular weight excluding hydrogens is 178 g/mol. The highest BCUT2D eigenvalue weighted by Gasteiger charge is 2.31. The Kier molecular flexibility index (Phi) is 4.13. The number of hydrogen-bond acceptors (Lipinski definition) is 2. The third kappa shape index (κ3) is 4.61. The molecule has 0 aliphatic carbocycles. The van der Waals surface area contributed by atoms with Gasteiger partial charge in [0.1, 0.15) is 0 Å². The van der Waals surface area contributed by atoms with E-state index in [2.05, 4.69) is 18.7 Å². The first-order valence-electron chi connectivity index (χ1n) is 4.96. The van der Waals surface area contributed by atoms with E-state index in [9.17, 15) is 4.79 Å². The number of carboxylic acid groups (broad SMARTS) is 1. The Hall–Kier alpha value is -0.570. The minimum atomic E-state index is -0.718. The molecule has 0 heterocycles. The highest BCUT2D eigenvalue weighted by atomic mass is 16.4. The molecule has 0 aromatic heterocycles. The van der Waals surface area contributed by atoms with Gasteiger partial charge < -0.3 is 10.0 Å². The number of rotatable bonds is 5. The van der Waals surface area contributed by atoms with Crippen LogP contribution in [0.5, 0.6) is 0 Å². The van der Waals surface area contributed by atoms with Gasteiger partial charge in [0.15, 0.2) is 0 Å². The molecule has 0 rings (SSSR count). The minimum absolute atomic E-state index is 0.0406. The molecule has 0 aliphatic heterocycles. The van der Waals surface area contributed by atoms with Gasteiger partial charge in [-0.3, -0.25) is 4.79 Å². The molecule has 0 saturated heterocycles. The van der Waals surface area contributed by atoms with Gasteiger partial charge in [-0.25, -0.2) is 0 Å². The summed E-state index contributed by atoms with van der Waals surface area (Å²) in [5, 5.41) is 8.77. The van der Waals surface area contributed by atoms with Crippen molar-refractivity contribution in [3.05, 3.63) is 0 Å². The molecule has 0 atom stereocenters. The van der Waals surface area contributed by atoms with Gasteiger partial charge in [-0.1, -0.05) is 13.8 Å². The van der Waals surface area contributed by atoms with Crippen LogP contribution in [0.4, 0.5) is 0 Å². The molecule has 84 valence electrons.